The normalized spacial score (nSPS) is 16.3. The molecule has 1 heterocycles. The molecule has 0 spiro atoms. The smallest absolute Gasteiger partial charge is 0.311 e. The van der Waals surface area contributed by atoms with E-state index in [1.165, 1.54) is 6.07 Å². The highest BCUT2D eigenvalue weighted by Crippen LogP contribution is 2.33. The third-order valence-corrected chi connectivity index (χ3v) is 3.82. The number of piperidine rings is 1. The number of hydrogen-bond donors (Lipinski definition) is 1. The average Bonchev–Trinajstić information content (AvgIpc) is 2.46. The molecule has 1 saturated heterocycles. The third-order valence-electron chi connectivity index (χ3n) is 3.82. The Labute approximate surface area is 125 Å². The van der Waals surface area contributed by atoms with E-state index in [0.717, 1.165) is 38.2 Å². The lowest BCUT2D eigenvalue weighted by Gasteiger charge is -2.33. The minimum Gasteiger partial charge on any atom is -0.484 e. The largest absolute Gasteiger partial charge is 0.484 e. The second-order valence-electron chi connectivity index (χ2n) is 5.74. The predicted octanol–water partition coefficient (Wildman–Crippen LogP) is 2.56. The summed E-state index contributed by atoms with van der Waals surface area (Å²) in [4.78, 5) is 12.9. The van der Waals surface area contributed by atoms with E-state index in [1.54, 1.807) is 12.1 Å². The van der Waals surface area contributed by atoms with Gasteiger partial charge in [-0.15, -0.1) is 0 Å². The first-order chi connectivity index (χ1) is 10.0. The van der Waals surface area contributed by atoms with Gasteiger partial charge in [-0.25, -0.2) is 0 Å². The van der Waals surface area contributed by atoms with E-state index >= 15 is 0 Å². The minimum atomic E-state index is -0.401. The Kier molecular flexibility index (Phi) is 5.01. The molecule has 0 saturated carbocycles. The van der Waals surface area contributed by atoms with Crippen molar-refractivity contribution in [3.05, 3.63) is 28.3 Å². The molecule has 6 nitrogen and oxygen atoms in total. The van der Waals surface area contributed by atoms with Crippen molar-refractivity contribution in [3.63, 3.8) is 0 Å². The summed E-state index contributed by atoms with van der Waals surface area (Å²) in [5, 5.41) is 11.1. The van der Waals surface area contributed by atoms with Gasteiger partial charge in [0.1, 0.15) is 0 Å². The fraction of sp³-hybridized carbons (Fsp3) is 0.600. The molecule has 0 unspecified atom stereocenters. The zero-order valence-electron chi connectivity index (χ0n) is 12.6. The molecule has 2 N–H and O–H groups in total. The predicted molar refractivity (Wildman–Crippen MR) is 82.9 cm³/mol. The van der Waals surface area contributed by atoms with Crippen LogP contribution in [0.4, 0.5) is 11.4 Å². The number of anilines is 1. The van der Waals surface area contributed by atoms with Crippen molar-refractivity contribution in [2.75, 3.05) is 24.5 Å². The van der Waals surface area contributed by atoms with Crippen LogP contribution in [-0.4, -0.2) is 30.7 Å². The Morgan fingerprint density at radius 1 is 1.43 bits per heavy atom. The molecule has 6 heteroatoms. The van der Waals surface area contributed by atoms with Crippen molar-refractivity contribution in [1.29, 1.82) is 0 Å². The highest BCUT2D eigenvalue weighted by Gasteiger charge is 2.22. The minimum absolute atomic E-state index is 0.0179. The number of nitrogens with zero attached hydrogens (tertiary/aromatic N) is 2. The standard InChI is InChI=1S/C15H23N3O3/c1-11(2)21-15-9-13(3-4-14(15)18(19)20)17-7-5-12(10-16)6-8-17/h3-4,9,11-12H,5-8,10,16H2,1-2H3. The maximum absolute atomic E-state index is 11.1. The molecule has 1 aliphatic heterocycles. The van der Waals surface area contributed by atoms with Gasteiger partial charge in [-0.1, -0.05) is 0 Å². The van der Waals surface area contributed by atoms with Crippen molar-refractivity contribution in [2.45, 2.75) is 32.8 Å². The summed E-state index contributed by atoms with van der Waals surface area (Å²) in [7, 11) is 0. The molecule has 0 aromatic heterocycles. The summed E-state index contributed by atoms with van der Waals surface area (Å²) in [5.41, 5.74) is 6.70. The Balaban J connectivity index is 2.19. The van der Waals surface area contributed by atoms with Crippen molar-refractivity contribution < 1.29 is 9.66 Å². The molecule has 1 fully saturated rings. The lowest BCUT2D eigenvalue weighted by atomic mass is 9.97. The first-order valence-electron chi connectivity index (χ1n) is 7.41. The molecule has 0 aliphatic carbocycles. The van der Waals surface area contributed by atoms with Crippen LogP contribution < -0.4 is 15.4 Å². The summed E-state index contributed by atoms with van der Waals surface area (Å²) < 4.78 is 5.59. The second-order valence-corrected chi connectivity index (χ2v) is 5.74. The Hall–Kier alpha value is -1.82. The Morgan fingerprint density at radius 3 is 2.62 bits per heavy atom. The van der Waals surface area contributed by atoms with Crippen molar-refractivity contribution in [3.8, 4) is 5.75 Å². The zero-order chi connectivity index (χ0) is 15.4. The molecule has 116 valence electrons. The van der Waals surface area contributed by atoms with Gasteiger partial charge in [-0.05, 0) is 45.2 Å². The van der Waals surface area contributed by atoms with E-state index in [4.69, 9.17) is 10.5 Å². The van der Waals surface area contributed by atoms with Crippen LogP contribution in [0.25, 0.3) is 0 Å². The van der Waals surface area contributed by atoms with Gasteiger partial charge in [-0.3, -0.25) is 10.1 Å². The van der Waals surface area contributed by atoms with Crippen LogP contribution in [0.3, 0.4) is 0 Å². The summed E-state index contributed by atoms with van der Waals surface area (Å²) in [6.45, 7) is 6.32. The Morgan fingerprint density at radius 2 is 2.10 bits per heavy atom. The highest BCUT2D eigenvalue weighted by molar-refractivity contribution is 5.59. The fourth-order valence-electron chi connectivity index (χ4n) is 2.63. The molecule has 0 bridgehead atoms. The molecule has 0 atom stereocenters. The summed E-state index contributed by atoms with van der Waals surface area (Å²) in [5.74, 6) is 0.930. The topological polar surface area (TPSA) is 81.6 Å². The van der Waals surface area contributed by atoms with Crippen LogP contribution in [0.1, 0.15) is 26.7 Å². The van der Waals surface area contributed by atoms with Gasteiger partial charge >= 0.3 is 5.69 Å². The Bertz CT molecular complexity index is 497. The van der Waals surface area contributed by atoms with Crippen LogP contribution in [0.2, 0.25) is 0 Å². The van der Waals surface area contributed by atoms with Crippen molar-refractivity contribution >= 4 is 11.4 Å². The molecular formula is C15H23N3O3. The molecular weight excluding hydrogens is 270 g/mol. The molecule has 0 radical (unpaired) electrons. The fourth-order valence-corrected chi connectivity index (χ4v) is 2.63. The first kappa shape index (κ1) is 15.6. The van der Waals surface area contributed by atoms with Gasteiger partial charge in [0.25, 0.3) is 0 Å². The summed E-state index contributed by atoms with van der Waals surface area (Å²) >= 11 is 0. The maximum Gasteiger partial charge on any atom is 0.311 e. The van der Waals surface area contributed by atoms with Gasteiger partial charge in [0.15, 0.2) is 5.75 Å². The van der Waals surface area contributed by atoms with Gasteiger partial charge in [0.05, 0.1) is 11.0 Å². The quantitative estimate of drug-likeness (QED) is 0.666. The van der Waals surface area contributed by atoms with E-state index < -0.39 is 4.92 Å². The number of nitrogens with two attached hydrogens (primary N) is 1. The average molecular weight is 293 g/mol. The van der Waals surface area contributed by atoms with Crippen LogP contribution in [0.5, 0.6) is 5.75 Å². The first-order valence-corrected chi connectivity index (χ1v) is 7.41. The number of hydrogen-bond acceptors (Lipinski definition) is 5. The van der Waals surface area contributed by atoms with E-state index in [0.29, 0.717) is 11.7 Å². The maximum atomic E-state index is 11.1. The summed E-state index contributed by atoms with van der Waals surface area (Å²) in [6.07, 6.45) is 2.03. The number of nitro benzene ring substituents is 1. The molecule has 1 aromatic rings. The summed E-state index contributed by atoms with van der Waals surface area (Å²) in [6, 6.07) is 5.11. The number of benzene rings is 1. The number of nitro groups is 1. The molecule has 2 rings (SSSR count). The van der Waals surface area contributed by atoms with Crippen LogP contribution in [-0.2, 0) is 0 Å². The van der Waals surface area contributed by atoms with Crippen LogP contribution in [0, 0.1) is 16.0 Å². The second kappa shape index (κ2) is 6.76. The SMILES string of the molecule is CC(C)Oc1cc(N2CCC(CN)CC2)ccc1[N+](=O)[O-]. The molecule has 0 amide bonds. The van der Waals surface area contributed by atoms with Gasteiger partial charge in [-0.2, -0.15) is 0 Å². The van der Waals surface area contributed by atoms with Gasteiger partial charge in [0, 0.05) is 30.9 Å². The van der Waals surface area contributed by atoms with E-state index in [9.17, 15) is 10.1 Å². The monoisotopic (exact) mass is 293 g/mol. The number of rotatable bonds is 5. The van der Waals surface area contributed by atoms with E-state index in [-0.39, 0.29) is 11.8 Å². The molecule has 1 aliphatic rings. The van der Waals surface area contributed by atoms with E-state index in [1.807, 2.05) is 13.8 Å². The van der Waals surface area contributed by atoms with E-state index in [2.05, 4.69) is 4.90 Å². The highest BCUT2D eigenvalue weighted by atomic mass is 16.6. The lowest BCUT2D eigenvalue weighted by molar-refractivity contribution is -0.386. The number of ether oxygens (including phenoxy) is 1. The van der Waals surface area contributed by atoms with Crippen molar-refractivity contribution in [1.82, 2.24) is 0 Å². The van der Waals surface area contributed by atoms with Crippen LogP contribution in [0.15, 0.2) is 18.2 Å². The molecule has 21 heavy (non-hydrogen) atoms. The van der Waals surface area contributed by atoms with Crippen LogP contribution >= 0.6 is 0 Å². The molecule has 1 aromatic carbocycles. The van der Waals surface area contributed by atoms with Gasteiger partial charge < -0.3 is 15.4 Å². The van der Waals surface area contributed by atoms with Gasteiger partial charge in [0.2, 0.25) is 0 Å². The van der Waals surface area contributed by atoms with Crippen molar-refractivity contribution in [2.24, 2.45) is 11.7 Å². The third kappa shape index (κ3) is 3.85. The lowest BCUT2D eigenvalue weighted by Crippen LogP contribution is -2.36. The zero-order valence-corrected chi connectivity index (χ0v) is 12.6.